The van der Waals surface area contributed by atoms with E-state index in [-0.39, 0.29) is 11.7 Å². The number of rotatable bonds is 2. The first-order valence-corrected chi connectivity index (χ1v) is 6.75. The van der Waals surface area contributed by atoms with Gasteiger partial charge in [0.1, 0.15) is 0 Å². The molecule has 1 aliphatic rings. The van der Waals surface area contributed by atoms with Crippen molar-refractivity contribution in [1.82, 2.24) is 0 Å². The van der Waals surface area contributed by atoms with Crippen LogP contribution >= 0.6 is 0 Å². The molecule has 2 N–H and O–H groups in total. The zero-order chi connectivity index (χ0) is 11.1. The number of sulfone groups is 1. The lowest BCUT2D eigenvalue weighted by Gasteiger charge is -2.05. The number of nitrogens with two attached hydrogens (primary N) is 1. The predicted molar refractivity (Wildman–Crippen MR) is 59.7 cm³/mol. The van der Waals surface area contributed by atoms with Gasteiger partial charge in [0.05, 0.1) is 10.6 Å². The van der Waals surface area contributed by atoms with Gasteiger partial charge in [-0.15, -0.1) is 0 Å². The topological polar surface area (TPSA) is 60.2 Å². The molecule has 0 spiro atoms. The second kappa shape index (κ2) is 3.61. The Morgan fingerprint density at radius 2 is 2.20 bits per heavy atom. The highest BCUT2D eigenvalue weighted by atomic mass is 32.2. The first-order chi connectivity index (χ1) is 7.04. The Kier molecular flexibility index (Phi) is 2.56. The normalized spacial score (nSPS) is 22.7. The van der Waals surface area contributed by atoms with E-state index in [0.717, 1.165) is 17.5 Å². The molecular formula is C11H15NO2S. The lowest BCUT2D eigenvalue weighted by molar-refractivity contribution is 0.598. The van der Waals surface area contributed by atoms with Crippen molar-refractivity contribution >= 4 is 9.84 Å². The van der Waals surface area contributed by atoms with Crippen LogP contribution in [0.25, 0.3) is 0 Å². The van der Waals surface area contributed by atoms with Crippen LogP contribution < -0.4 is 5.73 Å². The molecule has 0 fully saturated rings. The highest BCUT2D eigenvalue weighted by molar-refractivity contribution is 7.91. The van der Waals surface area contributed by atoms with Crippen LogP contribution in [0, 0.1) is 0 Å². The number of hydrogen-bond acceptors (Lipinski definition) is 3. The van der Waals surface area contributed by atoms with Crippen molar-refractivity contribution in [3.8, 4) is 0 Å². The standard InChI is InChI=1S/C11H15NO2S/c1-8-7-15(13,14)11-3-2-9(4-5-12)6-10(8)11/h2-3,6,8H,4-5,7,12H2,1H3. The van der Waals surface area contributed by atoms with E-state index in [4.69, 9.17) is 5.73 Å². The average Bonchev–Trinajstić information content (AvgIpc) is 2.38. The molecule has 0 amide bonds. The van der Waals surface area contributed by atoms with Crippen LogP contribution in [-0.2, 0) is 16.3 Å². The van der Waals surface area contributed by atoms with Gasteiger partial charge in [-0.05, 0) is 36.1 Å². The zero-order valence-corrected chi connectivity index (χ0v) is 9.55. The van der Waals surface area contributed by atoms with Crippen LogP contribution in [0.5, 0.6) is 0 Å². The smallest absolute Gasteiger partial charge is 0.179 e. The summed E-state index contributed by atoms with van der Waals surface area (Å²) in [6, 6.07) is 5.57. The minimum Gasteiger partial charge on any atom is -0.330 e. The summed E-state index contributed by atoms with van der Waals surface area (Å²) in [6.07, 6.45) is 0.806. The third-order valence-corrected chi connectivity index (χ3v) is 4.82. The van der Waals surface area contributed by atoms with E-state index in [2.05, 4.69) is 0 Å². The van der Waals surface area contributed by atoms with Gasteiger partial charge in [-0.25, -0.2) is 8.42 Å². The van der Waals surface area contributed by atoms with Gasteiger partial charge >= 0.3 is 0 Å². The molecular weight excluding hydrogens is 210 g/mol. The molecule has 0 aliphatic carbocycles. The van der Waals surface area contributed by atoms with Gasteiger partial charge in [0, 0.05) is 0 Å². The summed E-state index contributed by atoms with van der Waals surface area (Å²) < 4.78 is 23.4. The zero-order valence-electron chi connectivity index (χ0n) is 8.73. The van der Waals surface area contributed by atoms with E-state index in [1.165, 1.54) is 0 Å². The van der Waals surface area contributed by atoms with Gasteiger partial charge in [-0.2, -0.15) is 0 Å². The molecule has 0 aromatic heterocycles. The minimum atomic E-state index is -3.02. The molecule has 1 heterocycles. The molecule has 0 saturated carbocycles. The van der Waals surface area contributed by atoms with E-state index in [1.54, 1.807) is 6.07 Å². The van der Waals surface area contributed by atoms with Gasteiger partial charge in [-0.3, -0.25) is 0 Å². The summed E-state index contributed by atoms with van der Waals surface area (Å²) >= 11 is 0. The van der Waals surface area contributed by atoms with Crippen molar-refractivity contribution in [2.24, 2.45) is 5.73 Å². The lowest BCUT2D eigenvalue weighted by Crippen LogP contribution is -2.03. The second-order valence-corrected chi connectivity index (χ2v) is 6.10. The van der Waals surface area contributed by atoms with Crippen LogP contribution in [0.2, 0.25) is 0 Å². The minimum absolute atomic E-state index is 0.114. The molecule has 1 atom stereocenters. The maximum atomic E-state index is 11.7. The molecule has 82 valence electrons. The van der Waals surface area contributed by atoms with Crippen molar-refractivity contribution < 1.29 is 8.42 Å². The van der Waals surface area contributed by atoms with Gasteiger partial charge in [0.2, 0.25) is 0 Å². The summed E-state index contributed by atoms with van der Waals surface area (Å²) in [5, 5.41) is 0. The molecule has 0 saturated heterocycles. The molecule has 15 heavy (non-hydrogen) atoms. The van der Waals surface area contributed by atoms with Gasteiger partial charge < -0.3 is 5.73 Å². The lowest BCUT2D eigenvalue weighted by atomic mass is 10.00. The van der Waals surface area contributed by atoms with Crippen molar-refractivity contribution in [3.63, 3.8) is 0 Å². The molecule has 1 aromatic rings. The first-order valence-electron chi connectivity index (χ1n) is 5.10. The molecule has 1 aliphatic heterocycles. The van der Waals surface area contributed by atoms with E-state index < -0.39 is 9.84 Å². The largest absolute Gasteiger partial charge is 0.330 e. The highest BCUT2D eigenvalue weighted by Gasteiger charge is 2.31. The van der Waals surface area contributed by atoms with Crippen molar-refractivity contribution in [1.29, 1.82) is 0 Å². The average molecular weight is 225 g/mol. The SMILES string of the molecule is CC1CS(=O)(=O)c2ccc(CCN)cc21. The van der Waals surface area contributed by atoms with E-state index >= 15 is 0 Å². The van der Waals surface area contributed by atoms with Crippen LogP contribution in [0.3, 0.4) is 0 Å². The van der Waals surface area contributed by atoms with Crippen molar-refractivity contribution in [3.05, 3.63) is 29.3 Å². The fourth-order valence-corrected chi connectivity index (χ4v) is 4.01. The van der Waals surface area contributed by atoms with Crippen LogP contribution in [0.4, 0.5) is 0 Å². The third kappa shape index (κ3) is 1.79. The Hall–Kier alpha value is -0.870. The Balaban J connectivity index is 2.51. The Bertz CT molecular complexity index is 479. The molecule has 3 nitrogen and oxygen atoms in total. The van der Waals surface area contributed by atoms with Gasteiger partial charge in [0.25, 0.3) is 0 Å². The van der Waals surface area contributed by atoms with Crippen molar-refractivity contribution in [2.45, 2.75) is 24.2 Å². The third-order valence-electron chi connectivity index (χ3n) is 2.84. The molecule has 1 aromatic carbocycles. The van der Waals surface area contributed by atoms with Crippen LogP contribution in [0.15, 0.2) is 23.1 Å². The summed E-state index contributed by atoms with van der Waals surface area (Å²) in [5.74, 6) is 0.358. The quantitative estimate of drug-likeness (QED) is 0.819. The molecule has 0 bridgehead atoms. The molecule has 2 rings (SSSR count). The predicted octanol–water partition coefficient (Wildman–Crippen LogP) is 1.08. The van der Waals surface area contributed by atoms with E-state index in [9.17, 15) is 8.42 Å². The molecule has 0 radical (unpaired) electrons. The van der Waals surface area contributed by atoms with Gasteiger partial charge in [-0.1, -0.05) is 19.1 Å². The second-order valence-electron chi connectivity index (χ2n) is 4.09. The van der Waals surface area contributed by atoms with E-state index in [1.807, 2.05) is 19.1 Å². The molecule has 1 unspecified atom stereocenters. The first kappa shape index (κ1) is 10.6. The van der Waals surface area contributed by atoms with Crippen LogP contribution in [-0.4, -0.2) is 20.7 Å². The Morgan fingerprint density at radius 1 is 1.47 bits per heavy atom. The fraction of sp³-hybridized carbons (Fsp3) is 0.455. The number of fused-ring (bicyclic) bond motifs is 1. The summed E-state index contributed by atoms with van der Waals surface area (Å²) in [7, 11) is -3.02. The highest BCUT2D eigenvalue weighted by Crippen LogP contribution is 2.35. The van der Waals surface area contributed by atoms with E-state index in [0.29, 0.717) is 11.4 Å². The van der Waals surface area contributed by atoms with Gasteiger partial charge in [0.15, 0.2) is 9.84 Å². The summed E-state index contributed by atoms with van der Waals surface area (Å²) in [5.41, 5.74) is 7.56. The number of hydrogen-bond donors (Lipinski definition) is 1. The monoisotopic (exact) mass is 225 g/mol. The van der Waals surface area contributed by atoms with Crippen molar-refractivity contribution in [2.75, 3.05) is 12.3 Å². The Labute approximate surface area is 90.2 Å². The maximum absolute atomic E-state index is 11.7. The summed E-state index contributed by atoms with van der Waals surface area (Å²) in [6.45, 7) is 2.55. The maximum Gasteiger partial charge on any atom is 0.179 e. The summed E-state index contributed by atoms with van der Waals surface area (Å²) in [4.78, 5) is 0.510. The fourth-order valence-electron chi connectivity index (χ4n) is 2.10. The van der Waals surface area contributed by atoms with Crippen LogP contribution in [0.1, 0.15) is 24.0 Å². The number of benzene rings is 1. The molecule has 4 heteroatoms. The Morgan fingerprint density at radius 3 is 2.87 bits per heavy atom.